The first-order valence-corrected chi connectivity index (χ1v) is 8.26. The van der Waals surface area contributed by atoms with Gasteiger partial charge in [-0.1, -0.05) is 6.07 Å². The second kappa shape index (κ2) is 7.13. The maximum Gasteiger partial charge on any atom is 0.261 e. The number of benzene rings is 1. The molecule has 0 bridgehead atoms. The lowest BCUT2D eigenvalue weighted by atomic mass is 10.1. The van der Waals surface area contributed by atoms with Crippen LogP contribution in [0.2, 0.25) is 0 Å². The minimum Gasteiger partial charge on any atom is -0.484 e. The maximum atomic E-state index is 13.2. The Hall–Kier alpha value is -2.57. The molecule has 0 saturated carbocycles. The Morgan fingerprint density at radius 3 is 2.96 bits per heavy atom. The fourth-order valence-corrected chi connectivity index (χ4v) is 3.43. The van der Waals surface area contributed by atoms with Crippen LogP contribution >= 0.6 is 0 Å². The van der Waals surface area contributed by atoms with Gasteiger partial charge in [0.05, 0.1) is 24.4 Å². The molecular formula is C18H22FN3O3. The van der Waals surface area contributed by atoms with Crippen LogP contribution in [0.15, 0.2) is 24.3 Å². The monoisotopic (exact) mass is 347 g/mol. The van der Waals surface area contributed by atoms with E-state index < -0.39 is 0 Å². The van der Waals surface area contributed by atoms with Crippen LogP contribution in [0.4, 0.5) is 4.39 Å². The van der Waals surface area contributed by atoms with Crippen molar-refractivity contribution in [2.45, 2.75) is 25.8 Å². The number of hydrogen-bond donors (Lipinski definition) is 0. The van der Waals surface area contributed by atoms with Crippen molar-refractivity contribution in [2.75, 3.05) is 20.3 Å². The van der Waals surface area contributed by atoms with Crippen LogP contribution in [0.3, 0.4) is 0 Å². The zero-order valence-corrected chi connectivity index (χ0v) is 14.7. The summed E-state index contributed by atoms with van der Waals surface area (Å²) in [5.74, 6) is 0.504. The number of nitrogens with zero attached hydrogens (tertiary/aromatic N) is 3. The number of methoxy groups -OCH3 is 1. The molecule has 1 fully saturated rings. The number of halogens is 1. The molecule has 1 amide bonds. The molecule has 0 spiro atoms. The SMILES string of the molecule is COc1c([C@H]2CCCN2C(=O)COc2cccc(F)c2)c(C)nn1C. The summed E-state index contributed by atoms with van der Waals surface area (Å²) in [4.78, 5) is 14.4. The molecule has 0 aliphatic carbocycles. The number of rotatable bonds is 5. The van der Waals surface area contributed by atoms with E-state index in [9.17, 15) is 9.18 Å². The maximum absolute atomic E-state index is 13.2. The minimum atomic E-state index is -0.389. The first-order chi connectivity index (χ1) is 12.0. The van der Waals surface area contributed by atoms with Gasteiger partial charge >= 0.3 is 0 Å². The molecule has 3 rings (SSSR count). The Bertz CT molecular complexity index is 775. The number of likely N-dealkylation sites (tertiary alicyclic amines) is 1. The van der Waals surface area contributed by atoms with Crippen molar-refractivity contribution >= 4 is 5.91 Å². The molecule has 6 nitrogen and oxygen atoms in total. The quantitative estimate of drug-likeness (QED) is 0.834. The van der Waals surface area contributed by atoms with Gasteiger partial charge in [-0.05, 0) is 31.9 Å². The molecule has 1 aliphatic rings. The molecule has 1 atom stereocenters. The summed E-state index contributed by atoms with van der Waals surface area (Å²) in [6, 6.07) is 5.71. The van der Waals surface area contributed by atoms with Crippen LogP contribution in [0.5, 0.6) is 11.6 Å². The number of aromatic nitrogens is 2. The topological polar surface area (TPSA) is 56.6 Å². The molecule has 0 N–H and O–H groups in total. The number of carbonyl (C=O) groups is 1. The van der Waals surface area contributed by atoms with Crippen molar-refractivity contribution in [1.29, 1.82) is 0 Å². The predicted molar refractivity (Wildman–Crippen MR) is 90.1 cm³/mol. The van der Waals surface area contributed by atoms with Crippen molar-refractivity contribution in [3.8, 4) is 11.6 Å². The van der Waals surface area contributed by atoms with Crippen LogP contribution in [-0.4, -0.2) is 40.8 Å². The van der Waals surface area contributed by atoms with E-state index in [1.54, 1.807) is 28.8 Å². The minimum absolute atomic E-state index is 0.0766. The Kier molecular flexibility index (Phi) is 4.92. The number of ether oxygens (including phenoxy) is 2. The third-order valence-electron chi connectivity index (χ3n) is 4.47. The largest absolute Gasteiger partial charge is 0.484 e. The van der Waals surface area contributed by atoms with Gasteiger partial charge < -0.3 is 14.4 Å². The molecule has 7 heteroatoms. The molecule has 25 heavy (non-hydrogen) atoms. The van der Waals surface area contributed by atoms with Gasteiger partial charge in [-0.3, -0.25) is 4.79 Å². The Balaban J connectivity index is 1.74. The van der Waals surface area contributed by atoms with Crippen molar-refractivity contribution in [2.24, 2.45) is 7.05 Å². The Morgan fingerprint density at radius 1 is 1.44 bits per heavy atom. The van der Waals surface area contributed by atoms with E-state index >= 15 is 0 Å². The standard InChI is InChI=1S/C18H22FN3O3/c1-12-17(18(24-3)21(2)20-12)15-8-5-9-22(15)16(23)11-25-14-7-4-6-13(19)10-14/h4,6-7,10,15H,5,8-9,11H2,1-3H3/t15-/m1/s1. The van der Waals surface area contributed by atoms with Crippen LogP contribution < -0.4 is 9.47 Å². The summed E-state index contributed by atoms with van der Waals surface area (Å²) in [5.41, 5.74) is 1.80. The highest BCUT2D eigenvalue weighted by molar-refractivity contribution is 5.78. The smallest absolute Gasteiger partial charge is 0.261 e. The van der Waals surface area contributed by atoms with E-state index in [4.69, 9.17) is 9.47 Å². The van der Waals surface area contributed by atoms with Crippen molar-refractivity contribution in [3.05, 3.63) is 41.3 Å². The predicted octanol–water partition coefficient (Wildman–Crippen LogP) is 2.62. The lowest BCUT2D eigenvalue weighted by Gasteiger charge is -2.25. The summed E-state index contributed by atoms with van der Waals surface area (Å²) >= 11 is 0. The average molecular weight is 347 g/mol. The Labute approximate surface area is 146 Å². The first-order valence-electron chi connectivity index (χ1n) is 8.26. The van der Waals surface area contributed by atoms with E-state index in [1.807, 2.05) is 14.0 Å². The van der Waals surface area contributed by atoms with E-state index in [0.717, 1.165) is 24.1 Å². The third-order valence-corrected chi connectivity index (χ3v) is 4.47. The number of carbonyl (C=O) groups excluding carboxylic acids is 1. The van der Waals surface area contributed by atoms with Crippen LogP contribution in [0.25, 0.3) is 0 Å². The van der Waals surface area contributed by atoms with E-state index in [-0.39, 0.29) is 24.4 Å². The van der Waals surface area contributed by atoms with E-state index in [2.05, 4.69) is 5.10 Å². The Morgan fingerprint density at radius 2 is 2.24 bits per heavy atom. The second-order valence-electron chi connectivity index (χ2n) is 6.12. The van der Waals surface area contributed by atoms with Gasteiger partial charge in [-0.2, -0.15) is 5.10 Å². The molecule has 1 aromatic heterocycles. The van der Waals surface area contributed by atoms with Crippen LogP contribution in [0, 0.1) is 12.7 Å². The zero-order chi connectivity index (χ0) is 18.0. The number of hydrogen-bond acceptors (Lipinski definition) is 4. The first kappa shape index (κ1) is 17.3. The lowest BCUT2D eigenvalue weighted by molar-refractivity contribution is -0.134. The van der Waals surface area contributed by atoms with E-state index in [1.165, 1.54) is 12.1 Å². The highest BCUT2D eigenvalue weighted by Crippen LogP contribution is 2.38. The van der Waals surface area contributed by atoms with Crippen LogP contribution in [0.1, 0.15) is 30.1 Å². The highest BCUT2D eigenvalue weighted by atomic mass is 19.1. The van der Waals surface area contributed by atoms with Gasteiger partial charge in [0.25, 0.3) is 5.91 Å². The molecule has 134 valence electrons. The van der Waals surface area contributed by atoms with Gasteiger partial charge in [0.2, 0.25) is 5.88 Å². The van der Waals surface area contributed by atoms with Crippen molar-refractivity contribution < 1.29 is 18.7 Å². The third kappa shape index (κ3) is 3.45. The van der Waals surface area contributed by atoms with E-state index in [0.29, 0.717) is 18.2 Å². The highest BCUT2D eigenvalue weighted by Gasteiger charge is 2.35. The van der Waals surface area contributed by atoms with Gasteiger partial charge in [0.15, 0.2) is 6.61 Å². The molecular weight excluding hydrogens is 325 g/mol. The summed E-state index contributed by atoms with van der Waals surface area (Å²) in [6.45, 7) is 2.46. The van der Waals surface area contributed by atoms with Gasteiger partial charge in [0.1, 0.15) is 11.6 Å². The molecule has 0 radical (unpaired) electrons. The summed E-state index contributed by atoms with van der Waals surface area (Å²) in [7, 11) is 3.43. The van der Waals surface area contributed by atoms with Gasteiger partial charge in [-0.25, -0.2) is 9.07 Å². The van der Waals surface area contributed by atoms with Gasteiger partial charge in [0, 0.05) is 19.7 Å². The molecule has 2 heterocycles. The fourth-order valence-electron chi connectivity index (χ4n) is 3.43. The molecule has 1 aromatic carbocycles. The molecule has 1 aliphatic heterocycles. The summed E-state index contributed by atoms with van der Waals surface area (Å²) in [6.07, 6.45) is 1.77. The molecule has 2 aromatic rings. The molecule has 0 unspecified atom stereocenters. The normalized spacial score (nSPS) is 17.0. The fraction of sp³-hybridized carbons (Fsp3) is 0.444. The summed E-state index contributed by atoms with van der Waals surface area (Å²) in [5, 5.41) is 4.40. The zero-order valence-electron chi connectivity index (χ0n) is 14.7. The van der Waals surface area contributed by atoms with Gasteiger partial charge in [-0.15, -0.1) is 0 Å². The average Bonchev–Trinajstić information content (AvgIpc) is 3.16. The van der Waals surface area contributed by atoms with Crippen LogP contribution in [-0.2, 0) is 11.8 Å². The van der Waals surface area contributed by atoms with Crippen molar-refractivity contribution in [3.63, 3.8) is 0 Å². The lowest BCUT2D eigenvalue weighted by Crippen LogP contribution is -2.34. The molecule has 1 saturated heterocycles. The second-order valence-corrected chi connectivity index (χ2v) is 6.12. The number of amides is 1. The summed E-state index contributed by atoms with van der Waals surface area (Å²) < 4.78 is 25.8. The van der Waals surface area contributed by atoms with Crippen molar-refractivity contribution in [1.82, 2.24) is 14.7 Å². The number of aryl methyl sites for hydroxylation is 2.